The summed E-state index contributed by atoms with van der Waals surface area (Å²) in [4.78, 5) is 7.79. The van der Waals surface area contributed by atoms with Crippen molar-refractivity contribution in [2.24, 2.45) is 0 Å². The van der Waals surface area contributed by atoms with Gasteiger partial charge in [-0.3, -0.25) is 10.4 Å². The Morgan fingerprint density at radius 3 is 2.50 bits per heavy atom. The zero-order chi connectivity index (χ0) is 17.0. The zero-order valence-corrected chi connectivity index (χ0v) is 12.5. The molecule has 8 heteroatoms. The van der Waals surface area contributed by atoms with E-state index in [0.29, 0.717) is 11.5 Å². The molecule has 0 saturated carbocycles. The molecule has 1 unspecified atom stereocenters. The number of benzene rings is 1. The van der Waals surface area contributed by atoms with Gasteiger partial charge in [0.2, 0.25) is 0 Å². The van der Waals surface area contributed by atoms with Crippen LogP contribution in [0.15, 0.2) is 54.9 Å². The van der Waals surface area contributed by atoms with Gasteiger partial charge in [0.25, 0.3) is 0 Å². The molecule has 2 N–H and O–H groups in total. The van der Waals surface area contributed by atoms with Crippen LogP contribution < -0.4 is 5.32 Å². The third-order valence-corrected chi connectivity index (χ3v) is 3.42. The molecule has 0 aliphatic carbocycles. The average molecular weight is 333 g/mol. The van der Waals surface area contributed by atoms with Crippen molar-refractivity contribution in [3.63, 3.8) is 0 Å². The minimum Gasteiger partial charge on any atom is -0.298 e. The van der Waals surface area contributed by atoms with Crippen molar-refractivity contribution in [1.82, 2.24) is 25.5 Å². The number of halogens is 3. The Kier molecular flexibility index (Phi) is 4.57. The van der Waals surface area contributed by atoms with Crippen molar-refractivity contribution in [2.75, 3.05) is 0 Å². The van der Waals surface area contributed by atoms with Crippen LogP contribution in [0.4, 0.5) is 13.2 Å². The molecule has 1 aromatic carbocycles. The summed E-state index contributed by atoms with van der Waals surface area (Å²) < 4.78 is 38.2. The number of nitrogens with zero attached hydrogens (tertiary/aromatic N) is 3. The molecular formula is C16H14F3N5. The summed E-state index contributed by atoms with van der Waals surface area (Å²) in [5.74, 6) is 0.577. The second kappa shape index (κ2) is 6.79. The molecule has 0 aliphatic rings. The third-order valence-electron chi connectivity index (χ3n) is 3.42. The van der Waals surface area contributed by atoms with Crippen LogP contribution in [0.2, 0.25) is 0 Å². The first-order valence-corrected chi connectivity index (χ1v) is 7.21. The largest absolute Gasteiger partial charge is 0.433 e. The van der Waals surface area contributed by atoms with Gasteiger partial charge in [0.1, 0.15) is 17.8 Å². The maximum Gasteiger partial charge on any atom is 0.433 e. The maximum atomic E-state index is 12.7. The number of nitrogens with one attached hydrogen (secondary N) is 2. The van der Waals surface area contributed by atoms with E-state index in [2.05, 4.69) is 25.5 Å². The van der Waals surface area contributed by atoms with E-state index in [0.717, 1.165) is 11.6 Å². The van der Waals surface area contributed by atoms with Gasteiger partial charge in [0.05, 0.1) is 11.7 Å². The minimum atomic E-state index is -4.46. The molecule has 5 nitrogen and oxygen atoms in total. The Balaban J connectivity index is 1.80. The van der Waals surface area contributed by atoms with Crippen LogP contribution in [0.5, 0.6) is 0 Å². The SMILES string of the molecule is FC(F)(F)c1cccc(CNC(c2ccccc2)c2ncn[nH]2)n1. The lowest BCUT2D eigenvalue weighted by atomic mass is 10.1. The van der Waals surface area contributed by atoms with E-state index in [1.807, 2.05) is 30.3 Å². The van der Waals surface area contributed by atoms with Gasteiger partial charge in [0.15, 0.2) is 0 Å². The monoisotopic (exact) mass is 333 g/mol. The lowest BCUT2D eigenvalue weighted by Crippen LogP contribution is -2.24. The topological polar surface area (TPSA) is 66.5 Å². The van der Waals surface area contributed by atoms with Gasteiger partial charge in [-0.15, -0.1) is 0 Å². The number of pyridine rings is 1. The van der Waals surface area contributed by atoms with Gasteiger partial charge in [0, 0.05) is 6.54 Å². The number of H-pyrrole nitrogens is 1. The Labute approximate surface area is 136 Å². The van der Waals surface area contributed by atoms with E-state index in [4.69, 9.17) is 0 Å². The minimum absolute atomic E-state index is 0.157. The summed E-state index contributed by atoms with van der Waals surface area (Å²) in [5.41, 5.74) is 0.309. The van der Waals surface area contributed by atoms with Crippen molar-refractivity contribution < 1.29 is 13.2 Å². The Bertz CT molecular complexity index is 772. The molecule has 124 valence electrons. The highest BCUT2D eigenvalue weighted by molar-refractivity contribution is 5.24. The standard InChI is InChI=1S/C16H14F3N5/c17-16(18,19)13-8-4-7-12(23-13)9-20-14(15-21-10-22-24-15)11-5-2-1-3-6-11/h1-8,10,14,20H,9H2,(H,21,22,24). The van der Waals surface area contributed by atoms with Crippen molar-refractivity contribution >= 4 is 0 Å². The second-order valence-electron chi connectivity index (χ2n) is 5.11. The van der Waals surface area contributed by atoms with Gasteiger partial charge in [-0.25, -0.2) is 9.97 Å². The second-order valence-corrected chi connectivity index (χ2v) is 5.11. The first-order chi connectivity index (χ1) is 11.5. The molecule has 0 aliphatic heterocycles. The summed E-state index contributed by atoms with van der Waals surface area (Å²) in [6, 6.07) is 13.0. The van der Waals surface area contributed by atoms with Crippen LogP contribution in [-0.2, 0) is 12.7 Å². The molecule has 2 heterocycles. The van der Waals surface area contributed by atoms with Gasteiger partial charge < -0.3 is 0 Å². The Hall–Kier alpha value is -2.74. The first-order valence-electron chi connectivity index (χ1n) is 7.21. The number of aromatic nitrogens is 4. The zero-order valence-electron chi connectivity index (χ0n) is 12.5. The molecular weight excluding hydrogens is 319 g/mol. The fourth-order valence-electron chi connectivity index (χ4n) is 2.31. The average Bonchev–Trinajstić information content (AvgIpc) is 3.10. The number of aromatic amines is 1. The van der Waals surface area contributed by atoms with Gasteiger partial charge in [-0.2, -0.15) is 18.3 Å². The number of rotatable bonds is 5. The normalized spacial score (nSPS) is 13.0. The van der Waals surface area contributed by atoms with Gasteiger partial charge in [-0.1, -0.05) is 36.4 Å². The van der Waals surface area contributed by atoms with Crippen LogP contribution in [0.1, 0.15) is 28.8 Å². The van der Waals surface area contributed by atoms with Gasteiger partial charge in [-0.05, 0) is 17.7 Å². The summed E-state index contributed by atoms with van der Waals surface area (Å²) in [6.45, 7) is 0.157. The lowest BCUT2D eigenvalue weighted by molar-refractivity contribution is -0.141. The highest BCUT2D eigenvalue weighted by Gasteiger charge is 2.32. The van der Waals surface area contributed by atoms with E-state index in [1.165, 1.54) is 12.4 Å². The molecule has 1 atom stereocenters. The van der Waals surface area contributed by atoms with E-state index in [-0.39, 0.29) is 12.6 Å². The lowest BCUT2D eigenvalue weighted by Gasteiger charge is -2.17. The summed E-state index contributed by atoms with van der Waals surface area (Å²) >= 11 is 0. The van der Waals surface area contributed by atoms with E-state index in [9.17, 15) is 13.2 Å². The molecule has 3 rings (SSSR count). The molecule has 0 saturated heterocycles. The Morgan fingerprint density at radius 1 is 1.04 bits per heavy atom. The number of hydrogen-bond donors (Lipinski definition) is 2. The highest BCUT2D eigenvalue weighted by Crippen LogP contribution is 2.27. The molecule has 0 radical (unpaired) electrons. The van der Waals surface area contributed by atoms with Crippen LogP contribution >= 0.6 is 0 Å². The van der Waals surface area contributed by atoms with Crippen molar-refractivity contribution in [3.05, 3.63) is 77.6 Å². The van der Waals surface area contributed by atoms with E-state index >= 15 is 0 Å². The predicted octanol–water partition coefficient (Wildman–Crippen LogP) is 3.10. The van der Waals surface area contributed by atoms with Gasteiger partial charge >= 0.3 is 6.18 Å². The van der Waals surface area contributed by atoms with E-state index < -0.39 is 11.9 Å². The predicted molar refractivity (Wildman–Crippen MR) is 80.7 cm³/mol. The van der Waals surface area contributed by atoms with Crippen molar-refractivity contribution in [2.45, 2.75) is 18.8 Å². The van der Waals surface area contributed by atoms with E-state index in [1.54, 1.807) is 6.07 Å². The molecule has 0 bridgehead atoms. The number of alkyl halides is 3. The molecule has 0 fully saturated rings. The van der Waals surface area contributed by atoms with Crippen molar-refractivity contribution in [3.8, 4) is 0 Å². The molecule has 0 amide bonds. The fraction of sp³-hybridized carbons (Fsp3) is 0.188. The molecule has 24 heavy (non-hydrogen) atoms. The quantitative estimate of drug-likeness (QED) is 0.753. The fourth-order valence-corrected chi connectivity index (χ4v) is 2.31. The Morgan fingerprint density at radius 2 is 1.83 bits per heavy atom. The first kappa shape index (κ1) is 16.1. The summed E-state index contributed by atoms with van der Waals surface area (Å²) in [5, 5.41) is 9.78. The maximum absolute atomic E-state index is 12.7. The van der Waals surface area contributed by atoms with Crippen LogP contribution in [0.3, 0.4) is 0 Å². The summed E-state index contributed by atoms with van der Waals surface area (Å²) in [6.07, 6.45) is -3.07. The third kappa shape index (κ3) is 3.77. The molecule has 2 aromatic heterocycles. The van der Waals surface area contributed by atoms with Crippen LogP contribution in [0, 0.1) is 0 Å². The number of hydrogen-bond acceptors (Lipinski definition) is 4. The van der Waals surface area contributed by atoms with Crippen LogP contribution in [0.25, 0.3) is 0 Å². The molecule has 0 spiro atoms. The van der Waals surface area contributed by atoms with Crippen molar-refractivity contribution in [1.29, 1.82) is 0 Å². The van der Waals surface area contributed by atoms with Crippen LogP contribution in [-0.4, -0.2) is 20.2 Å². The smallest absolute Gasteiger partial charge is 0.298 e. The summed E-state index contributed by atoms with van der Waals surface area (Å²) in [7, 11) is 0. The molecule has 3 aromatic rings. The highest BCUT2D eigenvalue weighted by atomic mass is 19.4.